The fraction of sp³-hybridized carbons (Fsp3) is 0.371. The third-order valence-electron chi connectivity index (χ3n) is 7.54. The second-order valence-electron chi connectivity index (χ2n) is 13.8. The summed E-state index contributed by atoms with van der Waals surface area (Å²) < 4.78 is 41.5. The lowest BCUT2D eigenvalue weighted by Crippen LogP contribution is -2.51. The minimum atomic E-state index is -4.32. The number of benzene rings is 2. The van der Waals surface area contributed by atoms with Crippen molar-refractivity contribution in [3.63, 3.8) is 0 Å². The molecule has 1 fully saturated rings. The third-order valence-corrected chi connectivity index (χ3v) is 9.73. The molecule has 1 saturated heterocycles. The van der Waals surface area contributed by atoms with E-state index >= 15 is 0 Å². The van der Waals surface area contributed by atoms with Gasteiger partial charge in [0.25, 0.3) is 15.9 Å². The number of pyridine rings is 1. The van der Waals surface area contributed by atoms with E-state index in [1.54, 1.807) is 77.7 Å². The molecule has 4 aromatic rings. The van der Waals surface area contributed by atoms with Crippen molar-refractivity contribution in [2.75, 3.05) is 37.0 Å². The van der Waals surface area contributed by atoms with Crippen LogP contribution in [-0.2, 0) is 24.3 Å². The summed E-state index contributed by atoms with van der Waals surface area (Å²) in [4.78, 5) is 46.2. The molecule has 0 atom stereocenters. The summed E-state index contributed by atoms with van der Waals surface area (Å²) in [5.41, 5.74) is -0.101. The van der Waals surface area contributed by atoms with Gasteiger partial charge in [0.15, 0.2) is 0 Å². The molecule has 5 rings (SSSR count). The van der Waals surface area contributed by atoms with E-state index in [2.05, 4.69) is 4.98 Å². The first-order chi connectivity index (χ1) is 23.3. The molecule has 12 nitrogen and oxygen atoms in total. The molecule has 0 bridgehead atoms. The number of sulfonamides is 1. The Morgan fingerprint density at radius 2 is 1.44 bits per heavy atom. The lowest BCUT2D eigenvalue weighted by atomic mass is 10.2. The third kappa shape index (κ3) is 8.69. The average molecular weight is 745 g/mol. The van der Waals surface area contributed by atoms with Crippen molar-refractivity contribution in [2.24, 2.45) is 0 Å². The van der Waals surface area contributed by atoms with Crippen molar-refractivity contribution < 1.29 is 32.3 Å². The summed E-state index contributed by atoms with van der Waals surface area (Å²) in [5, 5.41) is 0.921. The fourth-order valence-electron chi connectivity index (χ4n) is 5.35. The van der Waals surface area contributed by atoms with Crippen LogP contribution in [0.15, 0.2) is 71.9 Å². The first kappa shape index (κ1) is 36.9. The Hall–Kier alpha value is -4.33. The smallest absolute Gasteiger partial charge is 0.410 e. The van der Waals surface area contributed by atoms with Gasteiger partial charge in [-0.3, -0.25) is 13.9 Å². The molecule has 0 aliphatic carbocycles. The fourth-order valence-corrected chi connectivity index (χ4v) is 7.48. The van der Waals surface area contributed by atoms with Gasteiger partial charge >= 0.3 is 12.1 Å². The van der Waals surface area contributed by atoms with Gasteiger partial charge in [-0.1, -0.05) is 23.2 Å². The lowest BCUT2D eigenvalue weighted by molar-refractivity contribution is -0.152. The molecule has 2 aromatic heterocycles. The summed E-state index contributed by atoms with van der Waals surface area (Å²) in [6.45, 7) is 11.4. The van der Waals surface area contributed by atoms with Gasteiger partial charge in [-0.15, -0.1) is 0 Å². The first-order valence-electron chi connectivity index (χ1n) is 15.9. The number of carbonyl (C=O) groups excluding carboxylic acids is 3. The lowest BCUT2D eigenvalue weighted by Gasteiger charge is -2.35. The zero-order chi connectivity index (χ0) is 36.6. The predicted molar refractivity (Wildman–Crippen MR) is 192 cm³/mol. The molecule has 3 heterocycles. The summed E-state index contributed by atoms with van der Waals surface area (Å²) in [7, 11) is -4.32. The van der Waals surface area contributed by atoms with E-state index in [9.17, 15) is 22.8 Å². The van der Waals surface area contributed by atoms with E-state index in [1.807, 2.05) is 20.8 Å². The van der Waals surface area contributed by atoms with Gasteiger partial charge in [0.2, 0.25) is 0 Å². The molecule has 266 valence electrons. The Morgan fingerprint density at radius 3 is 2.02 bits per heavy atom. The van der Waals surface area contributed by atoms with Crippen molar-refractivity contribution in [2.45, 2.75) is 57.6 Å². The molecule has 0 spiro atoms. The minimum Gasteiger partial charge on any atom is -0.459 e. The number of nitrogens with zero attached hydrogens (tertiary/aromatic N) is 5. The number of piperazine rings is 1. The number of fused-ring (bicyclic) bond motifs is 1. The summed E-state index contributed by atoms with van der Waals surface area (Å²) in [5.74, 6) is -0.399. The number of hydrogen-bond donors (Lipinski definition) is 0. The molecule has 0 N–H and O–H groups in total. The highest BCUT2D eigenvalue weighted by molar-refractivity contribution is 7.92. The van der Waals surface area contributed by atoms with Crippen LogP contribution >= 0.6 is 23.2 Å². The maximum atomic E-state index is 13.9. The second kappa shape index (κ2) is 14.1. The van der Waals surface area contributed by atoms with Crippen molar-refractivity contribution in [1.29, 1.82) is 0 Å². The van der Waals surface area contributed by atoms with E-state index in [0.717, 1.165) is 4.31 Å². The van der Waals surface area contributed by atoms with E-state index in [0.29, 0.717) is 48.5 Å². The van der Waals surface area contributed by atoms with Gasteiger partial charge in [0.05, 0.1) is 21.7 Å². The molecule has 0 unspecified atom stereocenters. The van der Waals surface area contributed by atoms with Crippen LogP contribution in [-0.4, -0.2) is 89.7 Å². The van der Waals surface area contributed by atoms with Gasteiger partial charge in [-0.05, 0) is 96.1 Å². The highest BCUT2D eigenvalue weighted by Crippen LogP contribution is 2.31. The average Bonchev–Trinajstić information content (AvgIpc) is 3.44. The number of hydrogen-bond acceptors (Lipinski definition) is 8. The van der Waals surface area contributed by atoms with Gasteiger partial charge < -0.3 is 23.8 Å². The summed E-state index contributed by atoms with van der Waals surface area (Å²) in [6.07, 6.45) is 2.88. The number of anilines is 1. The van der Waals surface area contributed by atoms with Gasteiger partial charge in [0.1, 0.15) is 23.6 Å². The van der Waals surface area contributed by atoms with Crippen LogP contribution in [0.25, 0.3) is 16.7 Å². The van der Waals surface area contributed by atoms with Crippen LogP contribution in [0, 0.1) is 0 Å². The molecular weight excluding hydrogens is 705 g/mol. The Kier molecular flexibility index (Phi) is 10.4. The standard InChI is InChI=1S/C35H39Cl2N5O7S/c1-34(2,3)48-31(43)22-42(50(46,47)28-19-25(36)18-26(37)20-28)27-8-9-29-23(17-27)11-12-41(29)30-10-7-24(21-38-30)32(44)39-13-15-40(16-14-39)33(45)49-35(4,5)6/h7-12,17-21H,13-16,22H2,1-6H3. The monoisotopic (exact) mass is 743 g/mol. The molecule has 1 aliphatic rings. The Labute approximate surface area is 301 Å². The number of carbonyl (C=O) groups is 3. The van der Waals surface area contributed by atoms with Crippen molar-refractivity contribution in [1.82, 2.24) is 19.4 Å². The highest BCUT2D eigenvalue weighted by Gasteiger charge is 2.31. The first-order valence-corrected chi connectivity index (χ1v) is 18.1. The zero-order valence-corrected chi connectivity index (χ0v) is 31.0. The van der Waals surface area contributed by atoms with E-state index < -0.39 is 39.8 Å². The minimum absolute atomic E-state index is 0.127. The molecule has 2 aromatic carbocycles. The van der Waals surface area contributed by atoms with E-state index in [-0.39, 0.29) is 26.5 Å². The van der Waals surface area contributed by atoms with Crippen LogP contribution < -0.4 is 4.31 Å². The maximum Gasteiger partial charge on any atom is 0.410 e. The van der Waals surface area contributed by atoms with Crippen LogP contribution in [0.2, 0.25) is 10.0 Å². The number of amides is 2. The maximum absolute atomic E-state index is 13.9. The van der Waals surface area contributed by atoms with Crippen molar-refractivity contribution >= 4 is 67.8 Å². The molecule has 0 saturated carbocycles. The Balaban J connectivity index is 1.36. The highest BCUT2D eigenvalue weighted by atomic mass is 35.5. The molecule has 15 heteroatoms. The Morgan fingerprint density at radius 1 is 0.820 bits per heavy atom. The quantitative estimate of drug-likeness (QED) is 0.195. The van der Waals surface area contributed by atoms with Crippen molar-refractivity contribution in [3.8, 4) is 5.82 Å². The zero-order valence-electron chi connectivity index (χ0n) is 28.6. The topological polar surface area (TPSA) is 131 Å². The van der Waals surface area contributed by atoms with Crippen LogP contribution in [0.3, 0.4) is 0 Å². The predicted octanol–water partition coefficient (Wildman–Crippen LogP) is 6.56. The van der Waals surface area contributed by atoms with Gasteiger partial charge in [-0.25, -0.2) is 18.2 Å². The number of esters is 1. The number of halogens is 2. The SMILES string of the molecule is CC(C)(C)OC(=O)CN(c1ccc2c(ccn2-c2ccc(C(=O)N3CCN(C(=O)OC(C)(C)C)CC3)cn2)c1)S(=O)(=O)c1cc(Cl)cc(Cl)c1. The van der Waals surface area contributed by atoms with Crippen LogP contribution in [0.4, 0.5) is 10.5 Å². The molecular formula is C35H39Cl2N5O7S. The Bertz CT molecular complexity index is 2010. The summed E-state index contributed by atoms with van der Waals surface area (Å²) in [6, 6.07) is 14.1. The molecule has 0 radical (unpaired) electrons. The van der Waals surface area contributed by atoms with Crippen molar-refractivity contribution in [3.05, 3.63) is 82.6 Å². The normalized spacial score (nSPS) is 14.1. The van der Waals surface area contributed by atoms with Crippen LogP contribution in [0.1, 0.15) is 51.9 Å². The molecule has 50 heavy (non-hydrogen) atoms. The van der Waals surface area contributed by atoms with E-state index in [4.69, 9.17) is 32.7 Å². The van der Waals surface area contributed by atoms with E-state index in [1.165, 1.54) is 24.4 Å². The van der Waals surface area contributed by atoms with Crippen LogP contribution in [0.5, 0.6) is 0 Å². The molecule has 1 aliphatic heterocycles. The summed E-state index contributed by atoms with van der Waals surface area (Å²) >= 11 is 12.3. The van der Waals surface area contributed by atoms with Gasteiger partial charge in [-0.2, -0.15) is 0 Å². The molecule has 2 amide bonds. The number of aromatic nitrogens is 2. The number of ether oxygens (including phenoxy) is 2. The number of rotatable bonds is 7. The van der Waals surface area contributed by atoms with Gasteiger partial charge in [0, 0.05) is 54.0 Å². The second-order valence-corrected chi connectivity index (χ2v) is 16.5. The largest absolute Gasteiger partial charge is 0.459 e.